The molecule has 20 heavy (non-hydrogen) atoms. The van der Waals surface area contributed by atoms with Crippen LogP contribution in [-0.4, -0.2) is 21.8 Å². The Hall–Kier alpha value is -1.27. The van der Waals surface area contributed by atoms with Crippen LogP contribution in [-0.2, 0) is 0 Å². The molecule has 2 rings (SSSR count). The second-order valence-electron chi connectivity index (χ2n) is 5.27. The lowest BCUT2D eigenvalue weighted by Gasteiger charge is -2.22. The van der Waals surface area contributed by atoms with Crippen LogP contribution in [0.25, 0.3) is 10.2 Å². The third kappa shape index (κ3) is 3.64. The van der Waals surface area contributed by atoms with Crippen LogP contribution in [0.1, 0.15) is 26.7 Å². The van der Waals surface area contributed by atoms with E-state index in [0.717, 1.165) is 28.5 Å². The summed E-state index contributed by atoms with van der Waals surface area (Å²) in [6.07, 6.45) is 1.89. The molecule has 0 radical (unpaired) electrons. The van der Waals surface area contributed by atoms with Crippen molar-refractivity contribution in [1.29, 1.82) is 0 Å². The van der Waals surface area contributed by atoms with Crippen LogP contribution in [0.4, 0.5) is 0 Å². The fourth-order valence-corrected chi connectivity index (χ4v) is 3.93. The predicted molar refractivity (Wildman–Crippen MR) is 86.8 cm³/mol. The molecule has 0 atom stereocenters. The maximum atomic E-state index is 8.73. The number of nitrogens with zero attached hydrogens (tertiary/aromatic N) is 2. The van der Waals surface area contributed by atoms with Crippen molar-refractivity contribution in [2.45, 2.75) is 31.0 Å². The van der Waals surface area contributed by atoms with E-state index in [1.54, 1.807) is 23.1 Å². The largest absolute Gasteiger partial charge is 0.409 e. The Bertz CT molecular complexity index is 574. The molecule has 0 saturated heterocycles. The smallest absolute Gasteiger partial charge is 0.151 e. The number of aromatic nitrogens is 1. The summed E-state index contributed by atoms with van der Waals surface area (Å²) in [7, 11) is 0. The third-order valence-electron chi connectivity index (χ3n) is 3.25. The van der Waals surface area contributed by atoms with E-state index in [4.69, 9.17) is 10.9 Å². The number of hydrogen-bond acceptors (Lipinski definition) is 5. The van der Waals surface area contributed by atoms with Crippen molar-refractivity contribution in [3.8, 4) is 0 Å². The summed E-state index contributed by atoms with van der Waals surface area (Å²) < 4.78 is 2.33. The highest BCUT2D eigenvalue weighted by atomic mass is 32.2. The number of rotatable bonds is 6. The number of oxime groups is 1. The highest BCUT2D eigenvalue weighted by molar-refractivity contribution is 8.01. The number of hydrogen-bond donors (Lipinski definition) is 2. The van der Waals surface area contributed by atoms with Gasteiger partial charge in [-0.3, -0.25) is 0 Å². The monoisotopic (exact) mass is 309 g/mol. The Morgan fingerprint density at radius 3 is 2.90 bits per heavy atom. The average molecular weight is 309 g/mol. The molecule has 0 fully saturated rings. The first-order valence-corrected chi connectivity index (χ1v) is 8.29. The summed E-state index contributed by atoms with van der Waals surface area (Å²) >= 11 is 3.50. The SMILES string of the molecule is CC(C)(CCCSc1nc2ccccc2s1)C(N)=NO. The fraction of sp³-hybridized carbons (Fsp3) is 0.429. The first-order valence-electron chi connectivity index (χ1n) is 6.49. The minimum absolute atomic E-state index is 0.261. The normalized spacial score (nSPS) is 13.0. The van der Waals surface area contributed by atoms with Gasteiger partial charge >= 0.3 is 0 Å². The number of thioether (sulfide) groups is 1. The number of para-hydroxylation sites is 1. The van der Waals surface area contributed by atoms with Gasteiger partial charge in [0.05, 0.1) is 10.2 Å². The molecule has 0 aliphatic carbocycles. The average Bonchev–Trinajstić information content (AvgIpc) is 2.85. The van der Waals surface area contributed by atoms with Crippen molar-refractivity contribution in [2.24, 2.45) is 16.3 Å². The van der Waals surface area contributed by atoms with Crippen LogP contribution in [0, 0.1) is 5.41 Å². The molecular formula is C14H19N3OS2. The van der Waals surface area contributed by atoms with E-state index < -0.39 is 0 Å². The fourth-order valence-electron chi connectivity index (χ4n) is 1.85. The zero-order chi connectivity index (χ0) is 14.6. The van der Waals surface area contributed by atoms with Crippen molar-refractivity contribution < 1.29 is 5.21 Å². The Labute approximate surface area is 127 Å². The van der Waals surface area contributed by atoms with Gasteiger partial charge in [0.2, 0.25) is 0 Å². The number of fused-ring (bicyclic) bond motifs is 1. The van der Waals surface area contributed by atoms with Gasteiger partial charge in [-0.25, -0.2) is 4.98 Å². The quantitative estimate of drug-likeness (QED) is 0.212. The lowest BCUT2D eigenvalue weighted by molar-refractivity contribution is 0.305. The Morgan fingerprint density at radius 2 is 2.20 bits per heavy atom. The highest BCUT2D eigenvalue weighted by Gasteiger charge is 2.22. The molecule has 0 unspecified atom stereocenters. The van der Waals surface area contributed by atoms with Gasteiger partial charge in [-0.2, -0.15) is 0 Å². The van der Waals surface area contributed by atoms with E-state index in [9.17, 15) is 0 Å². The third-order valence-corrected chi connectivity index (χ3v) is 5.51. The first kappa shape index (κ1) is 15.1. The molecule has 4 nitrogen and oxygen atoms in total. The Morgan fingerprint density at radius 1 is 1.45 bits per heavy atom. The van der Waals surface area contributed by atoms with Gasteiger partial charge in [0.1, 0.15) is 5.84 Å². The molecule has 0 bridgehead atoms. The van der Waals surface area contributed by atoms with E-state index in [2.05, 4.69) is 16.2 Å². The van der Waals surface area contributed by atoms with Gasteiger partial charge in [-0.15, -0.1) is 11.3 Å². The Kier molecular flexibility index (Phi) is 4.88. The topological polar surface area (TPSA) is 71.5 Å². The van der Waals surface area contributed by atoms with Gasteiger partial charge in [-0.05, 0) is 25.0 Å². The molecule has 0 saturated carbocycles. The number of nitrogens with two attached hydrogens (primary N) is 1. The second-order valence-corrected chi connectivity index (χ2v) is 7.64. The molecule has 0 aliphatic heterocycles. The molecule has 6 heteroatoms. The molecule has 0 spiro atoms. The maximum Gasteiger partial charge on any atom is 0.151 e. The first-order chi connectivity index (χ1) is 9.53. The van der Waals surface area contributed by atoms with Crippen LogP contribution in [0.15, 0.2) is 33.8 Å². The molecule has 1 aromatic carbocycles. The molecular weight excluding hydrogens is 290 g/mol. The standard InChI is InChI=1S/C14H19N3OS2/c1-14(2,12(15)17-18)8-5-9-19-13-16-10-6-3-4-7-11(10)20-13/h3-4,6-7,18H,5,8-9H2,1-2H3,(H2,15,17). The number of benzene rings is 1. The van der Waals surface area contributed by atoms with E-state index in [0.29, 0.717) is 5.84 Å². The zero-order valence-corrected chi connectivity index (χ0v) is 13.3. The van der Waals surface area contributed by atoms with Crippen molar-refractivity contribution >= 4 is 39.2 Å². The minimum atomic E-state index is -0.261. The van der Waals surface area contributed by atoms with E-state index in [-0.39, 0.29) is 5.41 Å². The van der Waals surface area contributed by atoms with Crippen molar-refractivity contribution in [3.05, 3.63) is 24.3 Å². The van der Waals surface area contributed by atoms with Crippen LogP contribution in [0.2, 0.25) is 0 Å². The number of amidine groups is 1. The van der Waals surface area contributed by atoms with Crippen LogP contribution in [0.3, 0.4) is 0 Å². The maximum absolute atomic E-state index is 8.73. The summed E-state index contributed by atoms with van der Waals surface area (Å²) in [5, 5.41) is 11.8. The zero-order valence-electron chi connectivity index (χ0n) is 11.7. The van der Waals surface area contributed by atoms with Gasteiger partial charge in [0.25, 0.3) is 0 Å². The van der Waals surface area contributed by atoms with Crippen molar-refractivity contribution in [2.75, 3.05) is 5.75 Å². The number of thiazole rings is 1. The van der Waals surface area contributed by atoms with Crippen LogP contribution < -0.4 is 5.73 Å². The molecule has 108 valence electrons. The van der Waals surface area contributed by atoms with E-state index in [1.807, 2.05) is 32.0 Å². The second kappa shape index (κ2) is 6.45. The molecule has 3 N–H and O–H groups in total. The summed E-state index contributed by atoms with van der Waals surface area (Å²) in [5.41, 5.74) is 6.48. The summed E-state index contributed by atoms with van der Waals surface area (Å²) in [4.78, 5) is 4.59. The molecule has 0 amide bonds. The van der Waals surface area contributed by atoms with Crippen LogP contribution >= 0.6 is 23.1 Å². The molecule has 1 heterocycles. The van der Waals surface area contributed by atoms with E-state index >= 15 is 0 Å². The molecule has 2 aromatic rings. The Balaban J connectivity index is 1.84. The van der Waals surface area contributed by atoms with E-state index in [1.165, 1.54) is 4.70 Å². The summed E-state index contributed by atoms with van der Waals surface area (Å²) in [6.45, 7) is 3.98. The van der Waals surface area contributed by atoms with Crippen molar-refractivity contribution in [3.63, 3.8) is 0 Å². The van der Waals surface area contributed by atoms with Crippen LogP contribution in [0.5, 0.6) is 0 Å². The van der Waals surface area contributed by atoms with Gasteiger partial charge in [0, 0.05) is 11.2 Å². The summed E-state index contributed by atoms with van der Waals surface area (Å²) in [6, 6.07) is 8.18. The van der Waals surface area contributed by atoms with Gasteiger partial charge in [0.15, 0.2) is 4.34 Å². The minimum Gasteiger partial charge on any atom is -0.409 e. The van der Waals surface area contributed by atoms with Gasteiger partial charge < -0.3 is 10.9 Å². The van der Waals surface area contributed by atoms with Gasteiger partial charge in [-0.1, -0.05) is 42.9 Å². The molecule has 1 aromatic heterocycles. The highest BCUT2D eigenvalue weighted by Crippen LogP contribution is 2.31. The predicted octanol–water partition coefficient (Wildman–Crippen LogP) is 3.94. The molecule has 0 aliphatic rings. The lowest BCUT2D eigenvalue weighted by Crippen LogP contribution is -2.31. The van der Waals surface area contributed by atoms with Crippen molar-refractivity contribution in [1.82, 2.24) is 4.98 Å². The lowest BCUT2D eigenvalue weighted by atomic mass is 9.87. The summed E-state index contributed by atoms with van der Waals surface area (Å²) in [5.74, 6) is 1.28.